The van der Waals surface area contributed by atoms with Crippen LogP contribution in [0.3, 0.4) is 0 Å². The van der Waals surface area contributed by atoms with Crippen LogP contribution in [0.25, 0.3) is 10.6 Å². The number of nitrogens with zero attached hydrogens (tertiary/aromatic N) is 2. The highest BCUT2D eigenvalue weighted by atomic mass is 35.5. The number of carboxylic acids is 1. The van der Waals surface area contributed by atoms with Crippen LogP contribution in [0.15, 0.2) is 23.6 Å². The van der Waals surface area contributed by atoms with Gasteiger partial charge in [-0.15, -0.1) is 11.3 Å². The SMILES string of the molecule is O=C(O)C1CCCN(C(=O)c2csc(-c3ccc(Cl)c(Cl)c3)n2)C1. The molecule has 5 nitrogen and oxygen atoms in total. The van der Waals surface area contributed by atoms with Crippen LogP contribution in [-0.4, -0.2) is 40.0 Å². The van der Waals surface area contributed by atoms with Gasteiger partial charge in [0.05, 0.1) is 16.0 Å². The van der Waals surface area contributed by atoms with E-state index in [4.69, 9.17) is 28.3 Å². The van der Waals surface area contributed by atoms with Gasteiger partial charge in [0, 0.05) is 24.0 Å². The number of amides is 1. The first-order valence-corrected chi connectivity index (χ1v) is 9.02. The second kappa shape index (κ2) is 7.09. The molecule has 8 heteroatoms. The highest BCUT2D eigenvalue weighted by molar-refractivity contribution is 7.13. The lowest BCUT2D eigenvalue weighted by molar-refractivity contribution is -0.143. The van der Waals surface area contributed by atoms with Crippen LogP contribution in [0, 0.1) is 5.92 Å². The van der Waals surface area contributed by atoms with Crippen molar-refractivity contribution >= 4 is 46.4 Å². The van der Waals surface area contributed by atoms with E-state index in [1.807, 2.05) is 0 Å². The Morgan fingerprint density at radius 2 is 2.08 bits per heavy atom. The fourth-order valence-corrected chi connectivity index (χ4v) is 3.75. The van der Waals surface area contributed by atoms with Crippen LogP contribution < -0.4 is 0 Å². The third-order valence-corrected chi connectivity index (χ3v) is 5.58. The third-order valence-electron chi connectivity index (χ3n) is 3.95. The van der Waals surface area contributed by atoms with Crippen molar-refractivity contribution in [3.63, 3.8) is 0 Å². The molecule has 1 fully saturated rings. The summed E-state index contributed by atoms with van der Waals surface area (Å²) in [5.74, 6) is -1.60. The van der Waals surface area contributed by atoms with Crippen LogP contribution >= 0.6 is 34.5 Å². The van der Waals surface area contributed by atoms with Gasteiger partial charge in [-0.25, -0.2) is 4.98 Å². The molecule has 1 aliphatic heterocycles. The first-order chi connectivity index (χ1) is 11.5. The molecule has 1 aromatic heterocycles. The molecule has 126 valence electrons. The molecule has 1 N–H and O–H groups in total. The number of carbonyl (C=O) groups excluding carboxylic acids is 1. The molecule has 24 heavy (non-hydrogen) atoms. The van der Waals surface area contributed by atoms with Gasteiger partial charge in [0.1, 0.15) is 10.7 Å². The van der Waals surface area contributed by atoms with Crippen molar-refractivity contribution in [1.82, 2.24) is 9.88 Å². The van der Waals surface area contributed by atoms with Crippen LogP contribution in [0.1, 0.15) is 23.3 Å². The van der Waals surface area contributed by atoms with E-state index in [-0.39, 0.29) is 12.5 Å². The highest BCUT2D eigenvalue weighted by Gasteiger charge is 2.29. The molecule has 0 aliphatic carbocycles. The molecule has 1 saturated heterocycles. The minimum Gasteiger partial charge on any atom is -0.481 e. The minimum absolute atomic E-state index is 0.230. The lowest BCUT2D eigenvalue weighted by atomic mass is 9.98. The van der Waals surface area contributed by atoms with Crippen molar-refractivity contribution in [1.29, 1.82) is 0 Å². The van der Waals surface area contributed by atoms with E-state index in [0.29, 0.717) is 40.1 Å². The van der Waals surface area contributed by atoms with E-state index in [2.05, 4.69) is 4.98 Å². The number of thiazole rings is 1. The fraction of sp³-hybridized carbons (Fsp3) is 0.312. The lowest BCUT2D eigenvalue weighted by Crippen LogP contribution is -2.42. The number of likely N-dealkylation sites (tertiary alicyclic amines) is 1. The molecule has 1 amide bonds. The third kappa shape index (κ3) is 3.55. The summed E-state index contributed by atoms with van der Waals surface area (Å²) in [6.45, 7) is 0.788. The summed E-state index contributed by atoms with van der Waals surface area (Å²) in [7, 11) is 0. The number of halogens is 2. The Hall–Kier alpha value is -1.63. The molecule has 3 rings (SSSR count). The highest BCUT2D eigenvalue weighted by Crippen LogP contribution is 2.30. The van der Waals surface area contributed by atoms with Crippen molar-refractivity contribution in [2.45, 2.75) is 12.8 Å². The predicted molar refractivity (Wildman–Crippen MR) is 93.8 cm³/mol. The summed E-state index contributed by atoms with van der Waals surface area (Å²) in [4.78, 5) is 29.6. The van der Waals surface area contributed by atoms with Gasteiger partial charge >= 0.3 is 5.97 Å². The first-order valence-electron chi connectivity index (χ1n) is 7.38. The van der Waals surface area contributed by atoms with Gasteiger partial charge in [0.25, 0.3) is 5.91 Å². The van der Waals surface area contributed by atoms with E-state index in [9.17, 15) is 9.59 Å². The van der Waals surface area contributed by atoms with E-state index < -0.39 is 11.9 Å². The van der Waals surface area contributed by atoms with Crippen LogP contribution in [0.4, 0.5) is 0 Å². The summed E-state index contributed by atoms with van der Waals surface area (Å²) in [5.41, 5.74) is 1.11. The van der Waals surface area contributed by atoms with E-state index in [1.165, 1.54) is 11.3 Å². The van der Waals surface area contributed by atoms with Crippen molar-refractivity contribution in [3.8, 4) is 10.6 Å². The standard InChI is InChI=1S/C16H14Cl2N2O3S/c17-11-4-3-9(6-12(11)18)14-19-13(8-24-14)15(21)20-5-1-2-10(7-20)16(22)23/h3-4,6,8,10H,1-2,5,7H2,(H,22,23). The Balaban J connectivity index is 1.78. The smallest absolute Gasteiger partial charge is 0.308 e. The Morgan fingerprint density at radius 3 is 2.79 bits per heavy atom. The Bertz CT molecular complexity index is 793. The van der Waals surface area contributed by atoms with Crippen LogP contribution in [0.2, 0.25) is 10.0 Å². The van der Waals surface area contributed by atoms with E-state index in [0.717, 1.165) is 5.56 Å². The maximum atomic E-state index is 12.6. The number of piperidine rings is 1. The van der Waals surface area contributed by atoms with Gasteiger partial charge in [-0.2, -0.15) is 0 Å². The second-order valence-corrected chi connectivity index (χ2v) is 7.27. The van der Waals surface area contributed by atoms with Gasteiger partial charge < -0.3 is 10.0 Å². The van der Waals surface area contributed by atoms with E-state index in [1.54, 1.807) is 28.5 Å². The van der Waals surface area contributed by atoms with Crippen LogP contribution in [0.5, 0.6) is 0 Å². The number of carboxylic acid groups (broad SMARTS) is 1. The maximum absolute atomic E-state index is 12.6. The van der Waals surface area contributed by atoms with Crippen LogP contribution in [-0.2, 0) is 4.79 Å². The molecule has 0 radical (unpaired) electrons. The predicted octanol–water partition coefficient (Wildman–Crippen LogP) is 4.05. The minimum atomic E-state index is -0.859. The Kier molecular flexibility index (Phi) is 5.08. The summed E-state index contributed by atoms with van der Waals surface area (Å²) in [5, 5.41) is 12.4. The molecule has 0 bridgehead atoms. The molecular formula is C16H14Cl2N2O3S. The number of aromatic nitrogens is 1. The van der Waals surface area contributed by atoms with Gasteiger partial charge in [0.15, 0.2) is 0 Å². The maximum Gasteiger partial charge on any atom is 0.308 e. The van der Waals surface area contributed by atoms with Gasteiger partial charge in [-0.3, -0.25) is 9.59 Å². The second-order valence-electron chi connectivity index (χ2n) is 5.60. The molecule has 2 heterocycles. The van der Waals surface area contributed by atoms with Gasteiger partial charge in [-0.05, 0) is 25.0 Å². The van der Waals surface area contributed by atoms with Crippen molar-refractivity contribution in [2.24, 2.45) is 5.92 Å². The zero-order valence-corrected chi connectivity index (χ0v) is 14.9. The number of carbonyl (C=O) groups is 2. The molecule has 1 unspecified atom stereocenters. The molecule has 1 aromatic carbocycles. The van der Waals surface area contributed by atoms with E-state index >= 15 is 0 Å². The molecule has 1 aliphatic rings. The molecular weight excluding hydrogens is 371 g/mol. The largest absolute Gasteiger partial charge is 0.481 e. The average molecular weight is 385 g/mol. The van der Waals surface area contributed by atoms with Crippen molar-refractivity contribution < 1.29 is 14.7 Å². The van der Waals surface area contributed by atoms with Gasteiger partial charge in [0.2, 0.25) is 0 Å². The Labute approximate surface area is 152 Å². The summed E-state index contributed by atoms with van der Waals surface area (Å²) >= 11 is 13.3. The molecule has 2 aromatic rings. The monoisotopic (exact) mass is 384 g/mol. The summed E-state index contributed by atoms with van der Waals surface area (Å²) in [6.07, 6.45) is 1.29. The number of hydrogen-bond donors (Lipinski definition) is 1. The normalized spacial score (nSPS) is 17.8. The van der Waals surface area contributed by atoms with Gasteiger partial charge in [-0.1, -0.05) is 29.3 Å². The van der Waals surface area contributed by atoms with Crippen molar-refractivity contribution in [2.75, 3.05) is 13.1 Å². The average Bonchev–Trinajstić information content (AvgIpc) is 3.06. The Morgan fingerprint density at radius 1 is 1.29 bits per heavy atom. The number of benzene rings is 1. The van der Waals surface area contributed by atoms with Crippen molar-refractivity contribution in [3.05, 3.63) is 39.3 Å². The first kappa shape index (κ1) is 17.2. The fourth-order valence-electron chi connectivity index (χ4n) is 2.66. The molecule has 1 atom stereocenters. The zero-order valence-electron chi connectivity index (χ0n) is 12.5. The topological polar surface area (TPSA) is 70.5 Å². The lowest BCUT2D eigenvalue weighted by Gasteiger charge is -2.30. The summed E-state index contributed by atoms with van der Waals surface area (Å²) < 4.78 is 0. The number of rotatable bonds is 3. The molecule has 0 spiro atoms. The molecule has 0 saturated carbocycles. The number of aliphatic carboxylic acids is 1. The quantitative estimate of drug-likeness (QED) is 0.865. The zero-order chi connectivity index (χ0) is 17.3. The number of hydrogen-bond acceptors (Lipinski definition) is 4. The summed E-state index contributed by atoms with van der Waals surface area (Å²) in [6, 6.07) is 5.19.